The van der Waals surface area contributed by atoms with E-state index in [0.717, 1.165) is 16.6 Å². The van der Waals surface area contributed by atoms with Crippen LogP contribution in [0.4, 0.5) is 5.95 Å². The third kappa shape index (κ3) is 3.60. The molecule has 1 amide bonds. The molecule has 2 aromatic heterocycles. The van der Waals surface area contributed by atoms with Gasteiger partial charge in [-0.15, -0.1) is 0 Å². The van der Waals surface area contributed by atoms with Crippen LogP contribution in [0.25, 0.3) is 11.0 Å². The smallest absolute Gasteiger partial charge is 0.231 e. The Labute approximate surface area is 157 Å². The quantitative estimate of drug-likeness (QED) is 0.595. The first kappa shape index (κ1) is 17.0. The summed E-state index contributed by atoms with van der Waals surface area (Å²) in [4.78, 5) is 17.2. The number of nitrogens with one attached hydrogen (secondary N) is 1. The molecule has 1 N–H and O–H groups in total. The molecule has 0 saturated heterocycles. The highest BCUT2D eigenvalue weighted by atomic mass is 16.1. The van der Waals surface area contributed by atoms with Crippen LogP contribution in [0.3, 0.4) is 0 Å². The molecule has 0 aliphatic heterocycles. The number of imidazole rings is 1. The van der Waals surface area contributed by atoms with Crippen molar-refractivity contribution in [2.24, 2.45) is 7.05 Å². The second-order valence-electron chi connectivity index (χ2n) is 6.68. The highest BCUT2D eigenvalue weighted by Crippen LogP contribution is 2.22. The van der Waals surface area contributed by atoms with E-state index in [2.05, 4.69) is 39.0 Å². The van der Waals surface area contributed by atoms with Crippen LogP contribution >= 0.6 is 0 Å². The minimum absolute atomic E-state index is 0.107. The van der Waals surface area contributed by atoms with Crippen LogP contribution in [0, 0.1) is 6.92 Å². The van der Waals surface area contributed by atoms with E-state index in [1.807, 2.05) is 49.6 Å². The van der Waals surface area contributed by atoms with E-state index in [-0.39, 0.29) is 12.3 Å². The lowest BCUT2D eigenvalue weighted by atomic mass is 10.1. The summed E-state index contributed by atoms with van der Waals surface area (Å²) >= 11 is 0. The van der Waals surface area contributed by atoms with Gasteiger partial charge in [0.05, 0.1) is 30.2 Å². The monoisotopic (exact) mass is 359 g/mol. The fraction of sp³-hybridized carbons (Fsp3) is 0.190. The van der Waals surface area contributed by atoms with Crippen molar-refractivity contribution in [1.29, 1.82) is 0 Å². The lowest BCUT2D eigenvalue weighted by molar-refractivity contribution is -0.115. The Hall–Kier alpha value is -3.41. The standard InChI is InChI=1S/C21H21N5O/c1-15-7-3-4-8-17(15)14-26-19-10-6-5-9-18(19)23-21(26)24-20(27)11-16-12-22-25(2)13-16/h3-10,12-13H,11,14H2,1-2H3,(H,23,24,27). The van der Waals surface area contributed by atoms with Gasteiger partial charge >= 0.3 is 0 Å². The molecule has 0 atom stereocenters. The number of hydrogen-bond donors (Lipinski definition) is 1. The van der Waals surface area contributed by atoms with Crippen molar-refractivity contribution in [3.8, 4) is 0 Å². The molecule has 6 heteroatoms. The minimum atomic E-state index is -0.107. The second kappa shape index (κ2) is 7.07. The zero-order chi connectivity index (χ0) is 18.8. The van der Waals surface area contributed by atoms with Crippen LogP contribution in [0.1, 0.15) is 16.7 Å². The Morgan fingerprint density at radius 1 is 1.11 bits per heavy atom. The number of nitrogens with zero attached hydrogens (tertiary/aromatic N) is 4. The van der Waals surface area contributed by atoms with E-state index in [4.69, 9.17) is 0 Å². The Kier molecular flexibility index (Phi) is 4.46. The van der Waals surface area contributed by atoms with Gasteiger partial charge in [-0.1, -0.05) is 36.4 Å². The number of rotatable bonds is 5. The third-order valence-corrected chi connectivity index (χ3v) is 4.62. The Bertz CT molecular complexity index is 1110. The first-order chi connectivity index (χ1) is 13.1. The molecule has 0 spiro atoms. The molecule has 0 saturated carbocycles. The molecule has 136 valence electrons. The number of aromatic nitrogens is 4. The zero-order valence-electron chi connectivity index (χ0n) is 15.4. The Morgan fingerprint density at radius 2 is 1.89 bits per heavy atom. The van der Waals surface area contributed by atoms with Gasteiger partial charge in [-0.3, -0.25) is 14.8 Å². The van der Waals surface area contributed by atoms with Gasteiger partial charge in [0.2, 0.25) is 11.9 Å². The van der Waals surface area contributed by atoms with Gasteiger partial charge < -0.3 is 4.57 Å². The number of fused-ring (bicyclic) bond motifs is 1. The molecule has 4 rings (SSSR count). The summed E-state index contributed by atoms with van der Waals surface area (Å²) in [5.74, 6) is 0.456. The van der Waals surface area contributed by atoms with Gasteiger partial charge in [-0.2, -0.15) is 5.10 Å². The molecular formula is C21H21N5O. The third-order valence-electron chi connectivity index (χ3n) is 4.62. The van der Waals surface area contributed by atoms with Crippen molar-refractivity contribution in [3.63, 3.8) is 0 Å². The molecule has 27 heavy (non-hydrogen) atoms. The second-order valence-corrected chi connectivity index (χ2v) is 6.68. The van der Waals surface area contributed by atoms with Crippen molar-refractivity contribution in [1.82, 2.24) is 19.3 Å². The number of anilines is 1. The molecule has 0 unspecified atom stereocenters. The van der Waals surface area contributed by atoms with Gasteiger partial charge in [0, 0.05) is 13.2 Å². The summed E-state index contributed by atoms with van der Waals surface area (Å²) in [6, 6.07) is 16.2. The number of carbonyl (C=O) groups excluding carboxylic acids is 1. The maximum absolute atomic E-state index is 12.5. The lowest BCUT2D eigenvalue weighted by Crippen LogP contribution is -2.18. The van der Waals surface area contributed by atoms with Crippen molar-refractivity contribution in [3.05, 3.63) is 77.6 Å². The highest BCUT2D eigenvalue weighted by molar-refractivity contribution is 5.92. The fourth-order valence-corrected chi connectivity index (χ4v) is 3.21. The average Bonchev–Trinajstić information content (AvgIpc) is 3.20. The van der Waals surface area contributed by atoms with Crippen LogP contribution in [0.2, 0.25) is 0 Å². The number of carbonyl (C=O) groups is 1. The summed E-state index contributed by atoms with van der Waals surface area (Å²) < 4.78 is 3.74. The van der Waals surface area contributed by atoms with Crippen LogP contribution in [0.5, 0.6) is 0 Å². The molecule has 6 nitrogen and oxygen atoms in total. The van der Waals surface area contributed by atoms with Gasteiger partial charge in [0.25, 0.3) is 0 Å². The number of aryl methyl sites for hydroxylation is 2. The van der Waals surface area contributed by atoms with Crippen molar-refractivity contribution in [2.75, 3.05) is 5.32 Å². The molecule has 0 bridgehead atoms. The normalized spacial score (nSPS) is 11.0. The van der Waals surface area contributed by atoms with Gasteiger partial charge in [-0.05, 0) is 35.7 Å². The van der Waals surface area contributed by atoms with Crippen molar-refractivity contribution >= 4 is 22.9 Å². The molecule has 0 radical (unpaired) electrons. The largest absolute Gasteiger partial charge is 0.305 e. The highest BCUT2D eigenvalue weighted by Gasteiger charge is 2.15. The van der Waals surface area contributed by atoms with Gasteiger partial charge in [0.1, 0.15) is 0 Å². The summed E-state index contributed by atoms with van der Waals surface area (Å²) in [7, 11) is 1.84. The van der Waals surface area contributed by atoms with Crippen LogP contribution in [-0.2, 0) is 24.8 Å². The summed E-state index contributed by atoms with van der Waals surface area (Å²) in [5, 5.41) is 7.08. The first-order valence-electron chi connectivity index (χ1n) is 8.87. The van der Waals surface area contributed by atoms with Crippen LogP contribution < -0.4 is 5.32 Å². The van der Waals surface area contributed by atoms with Gasteiger partial charge in [-0.25, -0.2) is 4.98 Å². The van der Waals surface area contributed by atoms with Crippen LogP contribution in [0.15, 0.2) is 60.9 Å². The molecule has 2 aromatic carbocycles. The summed E-state index contributed by atoms with van der Waals surface area (Å²) in [5.41, 5.74) is 5.14. The zero-order valence-corrected chi connectivity index (χ0v) is 15.4. The predicted octanol–water partition coefficient (Wildman–Crippen LogP) is 3.31. The van der Waals surface area contributed by atoms with E-state index >= 15 is 0 Å². The molecule has 2 heterocycles. The average molecular weight is 359 g/mol. The van der Waals surface area contributed by atoms with Crippen LogP contribution in [-0.4, -0.2) is 25.2 Å². The van der Waals surface area contributed by atoms with Gasteiger partial charge in [0.15, 0.2) is 0 Å². The molecule has 0 aliphatic carbocycles. The first-order valence-corrected chi connectivity index (χ1v) is 8.87. The minimum Gasteiger partial charge on any atom is -0.305 e. The SMILES string of the molecule is Cc1ccccc1Cn1c(NC(=O)Cc2cnn(C)c2)nc2ccccc21. The summed E-state index contributed by atoms with van der Waals surface area (Å²) in [6.07, 6.45) is 3.81. The molecular weight excluding hydrogens is 338 g/mol. The van der Waals surface area contributed by atoms with E-state index in [0.29, 0.717) is 12.5 Å². The molecule has 4 aromatic rings. The van der Waals surface area contributed by atoms with E-state index in [1.165, 1.54) is 11.1 Å². The maximum Gasteiger partial charge on any atom is 0.231 e. The molecule has 0 aliphatic rings. The fourth-order valence-electron chi connectivity index (χ4n) is 3.21. The van der Waals surface area contributed by atoms with E-state index < -0.39 is 0 Å². The number of para-hydroxylation sites is 2. The van der Waals surface area contributed by atoms with E-state index in [9.17, 15) is 4.79 Å². The number of hydrogen-bond acceptors (Lipinski definition) is 3. The Balaban J connectivity index is 1.65. The number of benzene rings is 2. The summed E-state index contributed by atoms with van der Waals surface area (Å²) in [6.45, 7) is 2.74. The Morgan fingerprint density at radius 3 is 2.67 bits per heavy atom. The predicted molar refractivity (Wildman–Crippen MR) is 106 cm³/mol. The molecule has 0 fully saturated rings. The van der Waals surface area contributed by atoms with E-state index in [1.54, 1.807) is 10.9 Å². The lowest BCUT2D eigenvalue weighted by Gasteiger charge is -2.12. The topological polar surface area (TPSA) is 64.7 Å². The number of amides is 1. The van der Waals surface area contributed by atoms with Crippen molar-refractivity contribution < 1.29 is 4.79 Å². The maximum atomic E-state index is 12.5. The van der Waals surface area contributed by atoms with Crippen molar-refractivity contribution in [2.45, 2.75) is 19.9 Å².